The van der Waals surface area contributed by atoms with Crippen LogP contribution >= 0.6 is 0 Å². The van der Waals surface area contributed by atoms with Crippen LogP contribution in [-0.4, -0.2) is 36.5 Å². The molecule has 0 saturated heterocycles. The predicted octanol–water partition coefficient (Wildman–Crippen LogP) is 0.519. The quantitative estimate of drug-likeness (QED) is 0.326. The van der Waals surface area contributed by atoms with Crippen molar-refractivity contribution in [1.82, 2.24) is 5.43 Å². The lowest BCUT2D eigenvalue weighted by atomic mass is 10.2. The van der Waals surface area contributed by atoms with E-state index < -0.39 is 4.92 Å². The number of aliphatic hydroxyl groups is 1. The molecule has 7 nitrogen and oxygen atoms in total. The highest BCUT2D eigenvalue weighted by atomic mass is 16.6. The van der Waals surface area contributed by atoms with Crippen molar-refractivity contribution >= 4 is 11.9 Å². The van der Waals surface area contributed by atoms with Gasteiger partial charge in [0.05, 0.1) is 31.4 Å². The molecule has 0 aliphatic carbocycles. The predicted molar refractivity (Wildman–Crippen MR) is 62.3 cm³/mol. The van der Waals surface area contributed by atoms with Crippen LogP contribution < -0.4 is 10.2 Å². The Balaban J connectivity index is 2.85. The molecule has 92 valence electrons. The van der Waals surface area contributed by atoms with E-state index in [4.69, 9.17) is 9.84 Å². The second kappa shape index (κ2) is 6.44. The molecule has 0 heterocycles. The molecule has 7 heteroatoms. The normalized spacial score (nSPS) is 10.5. The summed E-state index contributed by atoms with van der Waals surface area (Å²) in [5.74, 6) is 0.204. The van der Waals surface area contributed by atoms with Crippen molar-refractivity contribution in [2.45, 2.75) is 0 Å². The van der Waals surface area contributed by atoms with Crippen LogP contribution in [0.25, 0.3) is 0 Å². The number of rotatable bonds is 6. The largest absolute Gasteiger partial charge is 0.490 e. The van der Waals surface area contributed by atoms with Gasteiger partial charge in [-0.05, 0) is 12.1 Å². The fraction of sp³-hybridized carbons (Fsp3) is 0.300. The Morgan fingerprint density at radius 3 is 3.00 bits per heavy atom. The van der Waals surface area contributed by atoms with Gasteiger partial charge in [-0.15, -0.1) is 0 Å². The smallest absolute Gasteiger partial charge is 0.311 e. The first kappa shape index (κ1) is 12.9. The first-order valence-electron chi connectivity index (χ1n) is 4.88. The Bertz CT molecular complexity index is 420. The fourth-order valence-corrected chi connectivity index (χ4v) is 1.16. The highest BCUT2D eigenvalue weighted by molar-refractivity contribution is 5.81. The molecule has 0 fully saturated rings. The monoisotopic (exact) mass is 239 g/mol. The topological polar surface area (TPSA) is 97.0 Å². The number of hydrogen-bond acceptors (Lipinski definition) is 6. The molecule has 2 N–H and O–H groups in total. The minimum Gasteiger partial charge on any atom is -0.490 e. The van der Waals surface area contributed by atoms with Crippen LogP contribution in [-0.2, 0) is 0 Å². The third-order valence-corrected chi connectivity index (χ3v) is 1.93. The highest BCUT2D eigenvalue weighted by Gasteiger charge is 2.14. The Morgan fingerprint density at radius 1 is 1.65 bits per heavy atom. The maximum atomic E-state index is 10.7. The van der Waals surface area contributed by atoms with Crippen molar-refractivity contribution in [3.63, 3.8) is 0 Å². The van der Waals surface area contributed by atoms with E-state index in [0.717, 1.165) is 0 Å². The summed E-state index contributed by atoms with van der Waals surface area (Å²) in [5.41, 5.74) is 3.04. The van der Waals surface area contributed by atoms with E-state index in [0.29, 0.717) is 12.1 Å². The molecule has 0 saturated carbocycles. The number of nitrogens with zero attached hydrogens (tertiary/aromatic N) is 2. The number of aliphatic hydroxyl groups excluding tert-OH is 1. The summed E-state index contributed by atoms with van der Waals surface area (Å²) in [6.45, 7) is 0.300. The maximum Gasteiger partial charge on any atom is 0.311 e. The van der Waals surface area contributed by atoms with Crippen molar-refractivity contribution in [1.29, 1.82) is 0 Å². The maximum absolute atomic E-state index is 10.7. The zero-order valence-corrected chi connectivity index (χ0v) is 9.29. The summed E-state index contributed by atoms with van der Waals surface area (Å²) >= 11 is 0. The van der Waals surface area contributed by atoms with Crippen LogP contribution in [0.3, 0.4) is 0 Å². The number of benzene rings is 1. The van der Waals surface area contributed by atoms with Gasteiger partial charge in [0.1, 0.15) is 0 Å². The number of nitro groups is 1. The van der Waals surface area contributed by atoms with Crippen molar-refractivity contribution < 1.29 is 14.8 Å². The molecule has 1 rings (SSSR count). The molecule has 1 aromatic carbocycles. The molecule has 0 aliphatic rings. The van der Waals surface area contributed by atoms with E-state index in [9.17, 15) is 10.1 Å². The van der Waals surface area contributed by atoms with E-state index in [1.807, 2.05) is 0 Å². The van der Waals surface area contributed by atoms with Crippen LogP contribution in [0.15, 0.2) is 23.3 Å². The Kier molecular flexibility index (Phi) is 4.89. The second-order valence-electron chi connectivity index (χ2n) is 3.08. The van der Waals surface area contributed by atoms with E-state index >= 15 is 0 Å². The first-order valence-corrected chi connectivity index (χ1v) is 4.88. The van der Waals surface area contributed by atoms with Gasteiger partial charge in [0, 0.05) is 11.6 Å². The lowest BCUT2D eigenvalue weighted by Gasteiger charge is -2.02. The van der Waals surface area contributed by atoms with Crippen LogP contribution in [0.2, 0.25) is 0 Å². The molecule has 0 atom stereocenters. The third-order valence-electron chi connectivity index (χ3n) is 1.93. The standard InChI is InChI=1S/C10H13N3O4/c1-17-10-3-2-8(6-9(10)13(15)16)7-12-11-4-5-14/h2-3,6-7,11,14H,4-5H2,1H3. The molecule has 0 spiro atoms. The molecule has 0 unspecified atom stereocenters. The van der Waals surface area contributed by atoms with Gasteiger partial charge in [0.25, 0.3) is 0 Å². The number of methoxy groups -OCH3 is 1. The van der Waals surface area contributed by atoms with Crippen LogP contribution in [0, 0.1) is 10.1 Å². The Labute approximate surface area is 97.9 Å². The minimum atomic E-state index is -0.517. The molecular formula is C10H13N3O4. The third kappa shape index (κ3) is 3.72. The zero-order valence-electron chi connectivity index (χ0n) is 9.29. The second-order valence-corrected chi connectivity index (χ2v) is 3.08. The zero-order chi connectivity index (χ0) is 12.7. The van der Waals surface area contributed by atoms with E-state index in [1.165, 1.54) is 25.5 Å². The summed E-state index contributed by atoms with van der Waals surface area (Å²) in [4.78, 5) is 10.2. The highest BCUT2D eigenvalue weighted by Crippen LogP contribution is 2.26. The van der Waals surface area contributed by atoms with Gasteiger partial charge >= 0.3 is 5.69 Å². The van der Waals surface area contributed by atoms with Gasteiger partial charge in [-0.2, -0.15) is 5.10 Å². The van der Waals surface area contributed by atoms with Crippen LogP contribution in [0.5, 0.6) is 5.75 Å². The Morgan fingerprint density at radius 2 is 2.41 bits per heavy atom. The van der Waals surface area contributed by atoms with E-state index in [-0.39, 0.29) is 18.0 Å². The van der Waals surface area contributed by atoms with Gasteiger partial charge in [-0.25, -0.2) is 0 Å². The molecule has 0 aromatic heterocycles. The lowest BCUT2D eigenvalue weighted by Crippen LogP contribution is -2.11. The van der Waals surface area contributed by atoms with Crippen LogP contribution in [0.4, 0.5) is 5.69 Å². The molecule has 1 aromatic rings. The number of ether oxygens (including phenoxy) is 1. The summed E-state index contributed by atoms with van der Waals surface area (Å²) in [6.07, 6.45) is 1.43. The number of nitro benzene ring substituents is 1. The summed E-state index contributed by atoms with van der Waals surface area (Å²) < 4.78 is 4.87. The molecule has 17 heavy (non-hydrogen) atoms. The first-order chi connectivity index (χ1) is 8.19. The van der Waals surface area contributed by atoms with Crippen LogP contribution in [0.1, 0.15) is 5.56 Å². The molecular weight excluding hydrogens is 226 g/mol. The van der Waals surface area contributed by atoms with Crippen molar-refractivity contribution in [2.75, 3.05) is 20.3 Å². The average Bonchev–Trinajstić information content (AvgIpc) is 2.34. The fourth-order valence-electron chi connectivity index (χ4n) is 1.16. The Hall–Kier alpha value is -2.15. The van der Waals surface area contributed by atoms with Gasteiger partial charge < -0.3 is 15.3 Å². The molecule has 0 amide bonds. The lowest BCUT2D eigenvalue weighted by molar-refractivity contribution is -0.385. The van der Waals surface area contributed by atoms with Gasteiger partial charge in [-0.1, -0.05) is 0 Å². The van der Waals surface area contributed by atoms with Gasteiger partial charge in [0.2, 0.25) is 0 Å². The van der Waals surface area contributed by atoms with Gasteiger partial charge in [0.15, 0.2) is 5.75 Å². The number of nitrogens with one attached hydrogen (secondary N) is 1. The molecule has 0 radical (unpaired) electrons. The summed E-state index contributed by atoms with van der Waals surface area (Å²) in [5, 5.41) is 23.0. The molecule has 0 bridgehead atoms. The summed E-state index contributed by atoms with van der Waals surface area (Å²) in [6, 6.07) is 4.52. The van der Waals surface area contributed by atoms with Crippen molar-refractivity contribution in [2.24, 2.45) is 5.10 Å². The SMILES string of the molecule is COc1ccc(C=NNCCO)cc1[N+](=O)[O-]. The molecule has 0 aliphatic heterocycles. The number of hydrazone groups is 1. The van der Waals surface area contributed by atoms with Crippen molar-refractivity contribution in [3.05, 3.63) is 33.9 Å². The van der Waals surface area contributed by atoms with Crippen molar-refractivity contribution in [3.8, 4) is 5.75 Å². The van der Waals surface area contributed by atoms with E-state index in [1.54, 1.807) is 6.07 Å². The average molecular weight is 239 g/mol. The minimum absolute atomic E-state index is 0.0277. The number of hydrogen-bond donors (Lipinski definition) is 2. The summed E-state index contributed by atoms with van der Waals surface area (Å²) in [7, 11) is 1.37. The van der Waals surface area contributed by atoms with E-state index in [2.05, 4.69) is 10.5 Å². The van der Waals surface area contributed by atoms with Gasteiger partial charge in [-0.3, -0.25) is 10.1 Å².